The molecule has 1 aromatic carbocycles. The second kappa shape index (κ2) is 12.2. The standard InChI is InChI=1S/C24H30Cl2N4O5/c1-6-34-22(32)20(28-9-10-29-23(33)35-24(3,4)5)16-13-30(14(2)11-19(16)27)21(31)15-7-8-17(25)18(26)12-15/h7-8,12H,6,9-11,13H2,1-5H3,(H2-,27,28,29,33)/p+1. The molecule has 0 atom stereocenters. The van der Waals surface area contributed by atoms with Crippen molar-refractivity contribution in [2.75, 3.05) is 26.2 Å². The number of alkyl carbamates (subject to hydrolysis) is 1. The van der Waals surface area contributed by atoms with Crippen LogP contribution in [0, 0.1) is 0 Å². The topological polar surface area (TPSA) is 123 Å². The van der Waals surface area contributed by atoms with Crippen molar-refractivity contribution in [3.8, 4) is 0 Å². The zero-order valence-electron chi connectivity index (χ0n) is 20.5. The van der Waals surface area contributed by atoms with E-state index in [1.54, 1.807) is 46.8 Å². The van der Waals surface area contributed by atoms with Gasteiger partial charge < -0.3 is 20.5 Å². The highest BCUT2D eigenvalue weighted by Gasteiger charge is 2.34. The quantitative estimate of drug-likeness (QED) is 0.242. The molecule has 3 N–H and O–H groups in total. The van der Waals surface area contributed by atoms with Gasteiger partial charge in [-0.2, -0.15) is 4.58 Å². The van der Waals surface area contributed by atoms with E-state index in [1.165, 1.54) is 10.6 Å². The second-order valence-corrected chi connectivity index (χ2v) is 9.63. The number of allylic oxidation sites excluding steroid dienone is 1. The van der Waals surface area contributed by atoms with E-state index in [0.717, 1.165) is 0 Å². The van der Waals surface area contributed by atoms with Crippen molar-refractivity contribution in [3.63, 3.8) is 0 Å². The van der Waals surface area contributed by atoms with Gasteiger partial charge in [0.05, 0.1) is 40.8 Å². The van der Waals surface area contributed by atoms with Crippen LogP contribution < -0.4 is 11.1 Å². The third kappa shape index (κ3) is 8.07. The lowest BCUT2D eigenvalue weighted by Gasteiger charge is -2.19. The molecule has 0 fully saturated rings. The Kier molecular flexibility index (Phi) is 9.85. The highest BCUT2D eigenvalue weighted by Crippen LogP contribution is 2.24. The summed E-state index contributed by atoms with van der Waals surface area (Å²) in [6.45, 7) is 9.09. The van der Waals surface area contributed by atoms with Crippen LogP contribution >= 0.6 is 23.2 Å². The van der Waals surface area contributed by atoms with Crippen LogP contribution in [0.2, 0.25) is 10.0 Å². The maximum Gasteiger partial charge on any atom is 0.419 e. The molecule has 0 saturated carbocycles. The molecule has 0 aliphatic carbocycles. The van der Waals surface area contributed by atoms with Gasteiger partial charge in [-0.15, -0.1) is 0 Å². The summed E-state index contributed by atoms with van der Waals surface area (Å²) in [7, 11) is 0. The number of nitrogens with zero attached hydrogens (tertiary/aromatic N) is 2. The lowest BCUT2D eigenvalue weighted by atomic mass is 9.99. The fourth-order valence-electron chi connectivity index (χ4n) is 3.25. The number of nitrogens with one attached hydrogen (secondary N) is 1. The lowest BCUT2D eigenvalue weighted by Crippen LogP contribution is -2.38. The maximum absolute atomic E-state index is 13.2. The molecule has 190 valence electrons. The Hall–Kier alpha value is -2.91. The number of halogens is 2. The molecule has 1 aliphatic heterocycles. The molecule has 2 amide bonds. The van der Waals surface area contributed by atoms with Gasteiger partial charge in [-0.25, -0.2) is 14.4 Å². The van der Waals surface area contributed by atoms with Gasteiger partial charge in [0.15, 0.2) is 18.0 Å². The van der Waals surface area contributed by atoms with Crippen molar-refractivity contribution in [2.24, 2.45) is 10.7 Å². The molecule has 1 aliphatic rings. The Morgan fingerprint density at radius 1 is 1.20 bits per heavy atom. The summed E-state index contributed by atoms with van der Waals surface area (Å²) >= 11 is 12.1. The summed E-state index contributed by atoms with van der Waals surface area (Å²) in [5.74, 6) is -0.981. The number of esters is 1. The van der Waals surface area contributed by atoms with E-state index in [4.69, 9.17) is 38.4 Å². The predicted octanol–water partition coefficient (Wildman–Crippen LogP) is 3.75. The minimum atomic E-state index is -0.663. The van der Waals surface area contributed by atoms with E-state index < -0.39 is 17.7 Å². The third-order valence-electron chi connectivity index (χ3n) is 4.83. The minimum absolute atomic E-state index is 0.00905. The number of benzene rings is 1. The predicted molar refractivity (Wildman–Crippen MR) is 136 cm³/mol. The fraction of sp³-hybridized carbons (Fsp3) is 0.458. The number of carbonyl (C=O) groups excluding carboxylic acids is 3. The third-order valence-corrected chi connectivity index (χ3v) is 5.57. The van der Waals surface area contributed by atoms with E-state index in [-0.39, 0.29) is 49.3 Å². The number of hydrogen-bond donors (Lipinski definition) is 2. The molecular formula is C24H31Cl2N4O5+. The highest BCUT2D eigenvalue weighted by molar-refractivity contribution is 6.43. The van der Waals surface area contributed by atoms with Crippen LogP contribution in [-0.2, 0) is 14.3 Å². The molecule has 0 unspecified atom stereocenters. The zero-order chi connectivity index (χ0) is 26.3. The number of aliphatic imine (C=N–C) groups is 1. The van der Waals surface area contributed by atoms with Crippen LogP contribution in [-0.4, -0.2) is 65.8 Å². The molecule has 1 heterocycles. The van der Waals surface area contributed by atoms with E-state index in [1.807, 2.05) is 0 Å². The SMILES string of the molecule is CCOC(=O)C(=NCCNC(=O)OC(C)(C)C)C1=C(N)CC(C)=[N+](C(=O)c2ccc(Cl)c(Cl)c2)C1. The van der Waals surface area contributed by atoms with Crippen molar-refractivity contribution in [1.29, 1.82) is 0 Å². The summed E-state index contributed by atoms with van der Waals surface area (Å²) < 4.78 is 11.9. The molecule has 0 bridgehead atoms. The van der Waals surface area contributed by atoms with Crippen molar-refractivity contribution in [2.45, 2.75) is 46.6 Å². The molecule has 0 saturated heterocycles. The van der Waals surface area contributed by atoms with Crippen LogP contribution in [0.15, 0.2) is 34.5 Å². The first kappa shape index (κ1) is 28.3. The molecule has 35 heavy (non-hydrogen) atoms. The molecule has 9 nitrogen and oxygen atoms in total. The van der Waals surface area contributed by atoms with Gasteiger partial charge in [0, 0.05) is 19.2 Å². The molecule has 0 radical (unpaired) electrons. The summed E-state index contributed by atoms with van der Waals surface area (Å²) in [5, 5.41) is 3.18. The summed E-state index contributed by atoms with van der Waals surface area (Å²) in [6, 6.07) is 4.61. The summed E-state index contributed by atoms with van der Waals surface area (Å²) in [5.41, 5.74) is 7.50. The molecule has 0 spiro atoms. The lowest BCUT2D eigenvalue weighted by molar-refractivity contribution is -0.421. The Labute approximate surface area is 215 Å². The summed E-state index contributed by atoms with van der Waals surface area (Å²) in [4.78, 5) is 42.1. The first-order valence-electron chi connectivity index (χ1n) is 11.1. The number of nitrogens with two attached hydrogens (primary N) is 1. The van der Waals surface area contributed by atoms with Crippen molar-refractivity contribution >= 4 is 52.6 Å². The summed E-state index contributed by atoms with van der Waals surface area (Å²) in [6.07, 6.45) is -0.331. The van der Waals surface area contributed by atoms with Gasteiger partial charge in [-0.3, -0.25) is 4.99 Å². The normalized spacial score (nSPS) is 14.7. The zero-order valence-corrected chi connectivity index (χ0v) is 22.0. The van der Waals surface area contributed by atoms with Gasteiger partial charge in [-0.05, 0) is 45.9 Å². The minimum Gasteiger partial charge on any atom is -0.461 e. The van der Waals surface area contributed by atoms with Gasteiger partial charge in [0.1, 0.15) is 5.60 Å². The second-order valence-electron chi connectivity index (χ2n) is 8.82. The number of amides is 2. The van der Waals surface area contributed by atoms with E-state index in [0.29, 0.717) is 27.6 Å². The number of carbonyl (C=O) groups is 3. The molecule has 1 aromatic rings. The van der Waals surface area contributed by atoms with Crippen LogP contribution in [0.4, 0.5) is 4.79 Å². The van der Waals surface area contributed by atoms with E-state index in [2.05, 4.69) is 10.3 Å². The Bertz CT molecular complexity index is 1100. The number of ether oxygens (including phenoxy) is 2. The Morgan fingerprint density at radius 2 is 1.89 bits per heavy atom. The number of hydrogen-bond acceptors (Lipinski definition) is 7. The van der Waals surface area contributed by atoms with Crippen LogP contribution in [0.1, 0.15) is 51.4 Å². The van der Waals surface area contributed by atoms with Crippen molar-refractivity contribution in [3.05, 3.63) is 45.1 Å². The van der Waals surface area contributed by atoms with Crippen LogP contribution in [0.5, 0.6) is 0 Å². The molecule has 2 rings (SSSR count). The van der Waals surface area contributed by atoms with Gasteiger partial charge in [0.25, 0.3) is 0 Å². The van der Waals surface area contributed by atoms with Crippen molar-refractivity contribution < 1.29 is 28.4 Å². The number of rotatable bonds is 7. The van der Waals surface area contributed by atoms with Gasteiger partial charge in [0.2, 0.25) is 0 Å². The van der Waals surface area contributed by atoms with Crippen molar-refractivity contribution in [1.82, 2.24) is 5.32 Å². The highest BCUT2D eigenvalue weighted by atomic mass is 35.5. The average molecular weight is 526 g/mol. The van der Waals surface area contributed by atoms with Gasteiger partial charge >= 0.3 is 18.0 Å². The average Bonchev–Trinajstić information content (AvgIpc) is 2.75. The molecule has 0 aromatic heterocycles. The Morgan fingerprint density at radius 3 is 2.49 bits per heavy atom. The maximum atomic E-state index is 13.2. The fourth-order valence-corrected chi connectivity index (χ4v) is 3.55. The van der Waals surface area contributed by atoms with E-state index >= 15 is 0 Å². The van der Waals surface area contributed by atoms with E-state index in [9.17, 15) is 14.4 Å². The van der Waals surface area contributed by atoms with Gasteiger partial charge in [-0.1, -0.05) is 23.2 Å². The van der Waals surface area contributed by atoms with Crippen LogP contribution in [0.3, 0.4) is 0 Å². The Balaban J connectivity index is 2.25. The first-order valence-corrected chi connectivity index (χ1v) is 11.8. The monoisotopic (exact) mass is 525 g/mol. The largest absolute Gasteiger partial charge is 0.461 e. The molecule has 11 heteroatoms. The first-order chi connectivity index (χ1) is 16.3. The van der Waals surface area contributed by atoms with Crippen LogP contribution in [0.25, 0.3) is 0 Å². The molecular weight excluding hydrogens is 495 g/mol. The smallest absolute Gasteiger partial charge is 0.419 e.